The maximum absolute atomic E-state index is 11.6. The van der Waals surface area contributed by atoms with E-state index in [1.165, 1.54) is 6.26 Å². The van der Waals surface area contributed by atoms with Gasteiger partial charge in [0.1, 0.15) is 5.58 Å². The van der Waals surface area contributed by atoms with Crippen LogP contribution in [0.25, 0.3) is 11.0 Å². The summed E-state index contributed by atoms with van der Waals surface area (Å²) in [4.78, 5) is 0. The summed E-state index contributed by atoms with van der Waals surface area (Å²) >= 11 is 0. The van der Waals surface area contributed by atoms with Crippen LogP contribution < -0.4 is 5.73 Å². The first-order valence-corrected chi connectivity index (χ1v) is 7.28. The number of rotatable bonds is 4. The molecule has 0 radical (unpaired) electrons. The molecule has 17 heavy (non-hydrogen) atoms. The van der Waals surface area contributed by atoms with E-state index in [2.05, 4.69) is 0 Å². The van der Waals surface area contributed by atoms with Gasteiger partial charge in [-0.3, -0.25) is 0 Å². The molecule has 1 heterocycles. The van der Waals surface area contributed by atoms with E-state index in [1.807, 2.05) is 18.2 Å². The summed E-state index contributed by atoms with van der Waals surface area (Å²) in [6.07, 6.45) is 1.51. The Bertz CT molecular complexity index is 628. The van der Waals surface area contributed by atoms with Crippen LogP contribution in [-0.2, 0) is 22.1 Å². The van der Waals surface area contributed by atoms with E-state index in [0.29, 0.717) is 17.7 Å². The van der Waals surface area contributed by atoms with Crippen molar-refractivity contribution in [3.63, 3.8) is 0 Å². The Labute approximate surface area is 100 Å². The first-order valence-electron chi connectivity index (χ1n) is 5.46. The highest BCUT2D eigenvalue weighted by molar-refractivity contribution is 7.90. The van der Waals surface area contributed by atoms with Gasteiger partial charge in [-0.15, -0.1) is 0 Å². The Morgan fingerprint density at radius 1 is 1.29 bits per heavy atom. The molecule has 2 aromatic rings. The normalized spacial score (nSPS) is 12.1. The molecule has 0 aliphatic carbocycles. The molecule has 0 bridgehead atoms. The summed E-state index contributed by atoms with van der Waals surface area (Å²) in [6, 6.07) is 5.56. The quantitative estimate of drug-likeness (QED) is 0.902. The molecule has 2 N–H and O–H groups in total. The number of nitrogens with two attached hydrogens (primary N) is 1. The zero-order valence-electron chi connectivity index (χ0n) is 9.64. The first-order chi connectivity index (χ1) is 8.07. The summed E-state index contributed by atoms with van der Waals surface area (Å²) in [7, 11) is -3.06. The third-order valence-electron chi connectivity index (χ3n) is 2.80. The van der Waals surface area contributed by atoms with Crippen LogP contribution >= 0.6 is 0 Å². The molecule has 1 aromatic heterocycles. The number of hydrogen-bond acceptors (Lipinski definition) is 4. The fourth-order valence-electron chi connectivity index (χ4n) is 1.85. The highest BCUT2D eigenvalue weighted by Crippen LogP contribution is 2.26. The van der Waals surface area contributed by atoms with Crippen LogP contribution in [0.5, 0.6) is 0 Å². The minimum Gasteiger partial charge on any atom is -0.464 e. The van der Waals surface area contributed by atoms with Crippen LogP contribution in [0.1, 0.15) is 18.1 Å². The fourth-order valence-corrected chi connectivity index (χ4v) is 2.74. The molecular weight excluding hydrogens is 238 g/mol. The van der Waals surface area contributed by atoms with E-state index in [1.54, 1.807) is 6.92 Å². The third kappa shape index (κ3) is 2.35. The zero-order valence-corrected chi connectivity index (χ0v) is 10.5. The van der Waals surface area contributed by atoms with Crippen molar-refractivity contribution < 1.29 is 12.8 Å². The number of benzene rings is 1. The van der Waals surface area contributed by atoms with Crippen LogP contribution in [0, 0.1) is 0 Å². The second kappa shape index (κ2) is 4.50. The second-order valence-corrected chi connectivity index (χ2v) is 6.29. The number of furan rings is 1. The van der Waals surface area contributed by atoms with E-state index >= 15 is 0 Å². The number of sulfone groups is 1. The predicted octanol–water partition coefficient (Wildman–Crippen LogP) is 1.83. The summed E-state index contributed by atoms with van der Waals surface area (Å²) in [5.41, 5.74) is 7.95. The van der Waals surface area contributed by atoms with Gasteiger partial charge >= 0.3 is 0 Å². The van der Waals surface area contributed by atoms with Crippen molar-refractivity contribution in [3.05, 3.63) is 35.6 Å². The zero-order chi connectivity index (χ0) is 12.5. The lowest BCUT2D eigenvalue weighted by Gasteiger charge is -2.02. The van der Waals surface area contributed by atoms with E-state index in [4.69, 9.17) is 10.2 Å². The van der Waals surface area contributed by atoms with Crippen LogP contribution in [0.15, 0.2) is 28.9 Å². The number of hydrogen-bond donors (Lipinski definition) is 1. The lowest BCUT2D eigenvalue weighted by atomic mass is 10.1. The van der Waals surface area contributed by atoms with Gasteiger partial charge in [0.2, 0.25) is 0 Å². The fraction of sp³-hybridized carbons (Fsp3) is 0.333. The van der Waals surface area contributed by atoms with Crippen LogP contribution in [0.2, 0.25) is 0 Å². The van der Waals surface area contributed by atoms with Crippen LogP contribution in [0.3, 0.4) is 0 Å². The Hall–Kier alpha value is -1.33. The topological polar surface area (TPSA) is 73.3 Å². The molecule has 0 aliphatic heterocycles. The molecule has 92 valence electrons. The monoisotopic (exact) mass is 253 g/mol. The average Bonchev–Trinajstić information content (AvgIpc) is 2.72. The highest BCUT2D eigenvalue weighted by Gasteiger charge is 2.15. The third-order valence-corrected chi connectivity index (χ3v) is 4.43. The van der Waals surface area contributed by atoms with Crippen molar-refractivity contribution in [2.75, 3.05) is 5.75 Å². The molecule has 0 spiro atoms. The van der Waals surface area contributed by atoms with Gasteiger partial charge in [-0.1, -0.05) is 19.1 Å². The Kier molecular flexibility index (Phi) is 3.22. The lowest BCUT2D eigenvalue weighted by Crippen LogP contribution is -2.07. The molecule has 0 atom stereocenters. The van der Waals surface area contributed by atoms with Crippen molar-refractivity contribution in [1.29, 1.82) is 0 Å². The van der Waals surface area contributed by atoms with Gasteiger partial charge in [0, 0.05) is 23.2 Å². The smallest absolute Gasteiger partial charge is 0.154 e. The van der Waals surface area contributed by atoms with Crippen molar-refractivity contribution in [3.8, 4) is 0 Å². The SMILES string of the molecule is CCS(=O)(=O)Cc1coc2cccc(CN)c12. The van der Waals surface area contributed by atoms with Gasteiger partial charge in [0.25, 0.3) is 0 Å². The minimum atomic E-state index is -3.06. The van der Waals surface area contributed by atoms with Gasteiger partial charge in [-0.25, -0.2) is 8.42 Å². The molecule has 4 nitrogen and oxygen atoms in total. The van der Waals surface area contributed by atoms with E-state index in [9.17, 15) is 8.42 Å². The largest absolute Gasteiger partial charge is 0.464 e. The van der Waals surface area contributed by atoms with Gasteiger partial charge in [-0.2, -0.15) is 0 Å². The maximum Gasteiger partial charge on any atom is 0.154 e. The molecular formula is C12H15NO3S. The molecule has 2 rings (SSSR count). The summed E-state index contributed by atoms with van der Waals surface area (Å²) in [6.45, 7) is 2.01. The molecule has 0 aliphatic rings. The molecule has 0 saturated heterocycles. The molecule has 0 unspecified atom stereocenters. The summed E-state index contributed by atoms with van der Waals surface area (Å²) in [5.74, 6) is 0.137. The van der Waals surface area contributed by atoms with Gasteiger partial charge in [0.05, 0.1) is 12.0 Å². The van der Waals surface area contributed by atoms with E-state index in [0.717, 1.165) is 10.9 Å². The van der Waals surface area contributed by atoms with Crippen molar-refractivity contribution in [2.24, 2.45) is 5.73 Å². The maximum atomic E-state index is 11.6. The van der Waals surface area contributed by atoms with E-state index < -0.39 is 9.84 Å². The predicted molar refractivity (Wildman–Crippen MR) is 67.3 cm³/mol. The summed E-state index contributed by atoms with van der Waals surface area (Å²) < 4.78 is 28.6. The van der Waals surface area contributed by atoms with Crippen molar-refractivity contribution in [2.45, 2.75) is 19.2 Å². The number of fused-ring (bicyclic) bond motifs is 1. The first kappa shape index (κ1) is 12.1. The molecule has 0 saturated carbocycles. The summed E-state index contributed by atoms with van der Waals surface area (Å²) in [5, 5.41) is 0.840. The Morgan fingerprint density at radius 2 is 2.06 bits per heavy atom. The van der Waals surface area contributed by atoms with Gasteiger partial charge < -0.3 is 10.2 Å². The Morgan fingerprint density at radius 3 is 2.71 bits per heavy atom. The molecule has 0 amide bonds. The minimum absolute atomic E-state index is 0.00745. The standard InChI is InChI=1S/C12H15NO3S/c1-2-17(14,15)8-10-7-16-11-5-3-4-9(6-13)12(10)11/h3-5,7H,2,6,8,13H2,1H3. The van der Waals surface area contributed by atoms with Gasteiger partial charge in [0.15, 0.2) is 9.84 Å². The van der Waals surface area contributed by atoms with Crippen molar-refractivity contribution in [1.82, 2.24) is 0 Å². The van der Waals surface area contributed by atoms with Gasteiger partial charge in [-0.05, 0) is 11.6 Å². The lowest BCUT2D eigenvalue weighted by molar-refractivity contribution is 0.592. The van der Waals surface area contributed by atoms with Crippen LogP contribution in [0.4, 0.5) is 0 Å². The highest BCUT2D eigenvalue weighted by atomic mass is 32.2. The van der Waals surface area contributed by atoms with Crippen LogP contribution in [-0.4, -0.2) is 14.2 Å². The Balaban J connectivity index is 2.56. The molecule has 1 aromatic carbocycles. The van der Waals surface area contributed by atoms with E-state index in [-0.39, 0.29) is 11.5 Å². The molecule has 5 heteroatoms. The molecule has 0 fully saturated rings. The second-order valence-electron chi connectivity index (χ2n) is 3.93. The average molecular weight is 253 g/mol. The van der Waals surface area contributed by atoms with Crippen molar-refractivity contribution >= 4 is 20.8 Å².